The van der Waals surface area contributed by atoms with Crippen LogP contribution < -0.4 is 5.32 Å². The van der Waals surface area contributed by atoms with Crippen LogP contribution in [0.15, 0.2) is 0 Å². The highest BCUT2D eigenvalue weighted by Gasteiger charge is 2.45. The van der Waals surface area contributed by atoms with Crippen LogP contribution in [0.1, 0.15) is 67.7 Å². The molecule has 0 bridgehead atoms. The van der Waals surface area contributed by atoms with Gasteiger partial charge in [-0.15, -0.1) is 0 Å². The van der Waals surface area contributed by atoms with Crippen LogP contribution in [0.4, 0.5) is 0 Å². The smallest absolute Gasteiger partial charge is 0.246 e. The van der Waals surface area contributed by atoms with E-state index in [9.17, 15) is 9.59 Å². The number of carbonyl (C=O) groups excluding carboxylic acids is 2. The van der Waals surface area contributed by atoms with Crippen LogP contribution >= 0.6 is 0 Å². The first-order chi connectivity index (χ1) is 8.99. The Balaban J connectivity index is 3.04. The molecule has 2 amide bonds. The van der Waals surface area contributed by atoms with Crippen LogP contribution in [-0.2, 0) is 9.59 Å². The lowest BCUT2D eigenvalue weighted by atomic mass is 9.79. The Bertz CT molecular complexity index is 382. The lowest BCUT2D eigenvalue weighted by Gasteiger charge is -2.49. The van der Waals surface area contributed by atoms with Gasteiger partial charge in [0.15, 0.2) is 0 Å². The average molecular weight is 282 g/mol. The van der Waals surface area contributed by atoms with Gasteiger partial charge in [-0.2, -0.15) is 0 Å². The van der Waals surface area contributed by atoms with Crippen molar-refractivity contribution in [2.24, 2.45) is 5.41 Å². The number of nitrogens with zero attached hydrogens (tertiary/aromatic N) is 1. The third-order valence-electron chi connectivity index (χ3n) is 3.81. The van der Waals surface area contributed by atoms with Gasteiger partial charge in [0, 0.05) is 5.54 Å². The highest BCUT2D eigenvalue weighted by Crippen LogP contribution is 2.34. The summed E-state index contributed by atoms with van der Waals surface area (Å²) in [6.45, 7) is 14.5. The van der Waals surface area contributed by atoms with E-state index in [1.54, 1.807) is 4.90 Å². The molecule has 0 spiro atoms. The van der Waals surface area contributed by atoms with Gasteiger partial charge in [0.25, 0.3) is 0 Å². The molecule has 4 heteroatoms. The summed E-state index contributed by atoms with van der Waals surface area (Å²) in [5.41, 5.74) is -0.212. The summed E-state index contributed by atoms with van der Waals surface area (Å²) >= 11 is 0. The Morgan fingerprint density at radius 1 is 1.15 bits per heavy atom. The quantitative estimate of drug-likeness (QED) is 0.862. The molecule has 1 heterocycles. The molecule has 4 nitrogen and oxygen atoms in total. The largest absolute Gasteiger partial charge is 0.343 e. The second-order valence-electron chi connectivity index (χ2n) is 7.78. The van der Waals surface area contributed by atoms with Crippen LogP contribution in [0, 0.1) is 5.41 Å². The SMILES string of the molecule is CCCC1NC(=O)C(C)N(C(C)(C)CC(C)(C)C)C1=O. The molecule has 0 saturated carbocycles. The van der Waals surface area contributed by atoms with Gasteiger partial charge in [0.2, 0.25) is 11.8 Å². The fraction of sp³-hybridized carbons (Fsp3) is 0.875. The second kappa shape index (κ2) is 5.74. The number of amides is 2. The molecule has 20 heavy (non-hydrogen) atoms. The van der Waals surface area contributed by atoms with E-state index in [1.165, 1.54) is 0 Å². The lowest BCUT2D eigenvalue weighted by molar-refractivity contribution is -0.156. The first-order valence-corrected chi connectivity index (χ1v) is 7.63. The van der Waals surface area contributed by atoms with E-state index < -0.39 is 6.04 Å². The average Bonchev–Trinajstić information content (AvgIpc) is 2.22. The molecule has 1 aliphatic rings. The highest BCUT2D eigenvalue weighted by molar-refractivity contribution is 5.97. The van der Waals surface area contributed by atoms with E-state index in [0.29, 0.717) is 6.42 Å². The molecule has 1 saturated heterocycles. The minimum atomic E-state index is -0.395. The first-order valence-electron chi connectivity index (χ1n) is 7.63. The van der Waals surface area contributed by atoms with Crippen molar-refractivity contribution in [3.8, 4) is 0 Å². The van der Waals surface area contributed by atoms with Crippen molar-refractivity contribution < 1.29 is 9.59 Å². The first kappa shape index (κ1) is 17.0. The number of hydrogen-bond donors (Lipinski definition) is 1. The molecule has 2 unspecified atom stereocenters. The predicted molar refractivity (Wildman–Crippen MR) is 81.3 cm³/mol. The number of nitrogens with one attached hydrogen (secondary N) is 1. The molecule has 2 atom stereocenters. The van der Waals surface area contributed by atoms with Gasteiger partial charge in [-0.05, 0) is 39.0 Å². The van der Waals surface area contributed by atoms with E-state index >= 15 is 0 Å². The molecular weight excluding hydrogens is 252 g/mol. The van der Waals surface area contributed by atoms with Crippen molar-refractivity contribution in [1.82, 2.24) is 10.2 Å². The minimum absolute atomic E-state index is 0.0370. The van der Waals surface area contributed by atoms with Gasteiger partial charge >= 0.3 is 0 Å². The third kappa shape index (κ3) is 3.74. The van der Waals surface area contributed by atoms with Gasteiger partial charge in [0.05, 0.1) is 0 Å². The van der Waals surface area contributed by atoms with Gasteiger partial charge in [0.1, 0.15) is 12.1 Å². The molecular formula is C16H30N2O2. The maximum Gasteiger partial charge on any atom is 0.246 e. The van der Waals surface area contributed by atoms with E-state index in [-0.39, 0.29) is 28.8 Å². The van der Waals surface area contributed by atoms with Gasteiger partial charge in [-0.3, -0.25) is 9.59 Å². The lowest BCUT2D eigenvalue weighted by Crippen LogP contribution is -2.67. The van der Waals surface area contributed by atoms with Crippen LogP contribution in [0.25, 0.3) is 0 Å². The molecule has 0 aliphatic carbocycles. The van der Waals surface area contributed by atoms with Crippen LogP contribution in [0.5, 0.6) is 0 Å². The Morgan fingerprint density at radius 2 is 1.70 bits per heavy atom. The number of piperazine rings is 1. The summed E-state index contributed by atoms with van der Waals surface area (Å²) in [6.07, 6.45) is 2.46. The van der Waals surface area contributed by atoms with Crippen molar-refractivity contribution in [2.45, 2.75) is 85.4 Å². The summed E-state index contributed by atoms with van der Waals surface area (Å²) in [4.78, 5) is 26.7. The summed E-state index contributed by atoms with van der Waals surface area (Å²) < 4.78 is 0. The Kier molecular flexibility index (Phi) is 4.88. The predicted octanol–water partition coefficient (Wildman–Crippen LogP) is 2.72. The van der Waals surface area contributed by atoms with Crippen molar-refractivity contribution in [3.63, 3.8) is 0 Å². The molecule has 0 aromatic heterocycles. The van der Waals surface area contributed by atoms with Crippen molar-refractivity contribution in [2.75, 3.05) is 0 Å². The summed E-state index contributed by atoms with van der Waals surface area (Å²) in [5.74, 6) is 0.0261. The van der Waals surface area contributed by atoms with Crippen molar-refractivity contribution >= 4 is 11.8 Å². The monoisotopic (exact) mass is 282 g/mol. The number of carbonyl (C=O) groups is 2. The van der Waals surface area contributed by atoms with Gasteiger partial charge < -0.3 is 10.2 Å². The summed E-state index contributed by atoms with van der Waals surface area (Å²) in [6, 6.07) is -0.754. The van der Waals surface area contributed by atoms with E-state index in [4.69, 9.17) is 0 Å². The molecule has 1 rings (SSSR count). The second-order valence-corrected chi connectivity index (χ2v) is 7.78. The molecule has 0 radical (unpaired) electrons. The minimum Gasteiger partial charge on any atom is -0.343 e. The molecule has 0 aromatic carbocycles. The maximum atomic E-state index is 12.7. The zero-order chi connectivity index (χ0) is 15.7. The molecule has 1 fully saturated rings. The van der Waals surface area contributed by atoms with Crippen LogP contribution in [0.3, 0.4) is 0 Å². The topological polar surface area (TPSA) is 49.4 Å². The Hall–Kier alpha value is -1.06. The zero-order valence-electron chi connectivity index (χ0n) is 14.0. The number of hydrogen-bond acceptors (Lipinski definition) is 2. The fourth-order valence-corrected chi connectivity index (χ4v) is 3.52. The molecule has 1 aliphatic heterocycles. The summed E-state index contributed by atoms with van der Waals surface area (Å²) in [5, 5.41) is 2.85. The molecule has 0 aromatic rings. The Morgan fingerprint density at radius 3 is 2.15 bits per heavy atom. The fourth-order valence-electron chi connectivity index (χ4n) is 3.52. The standard InChI is InChI=1S/C16H30N2O2/c1-8-9-12-14(20)18(11(2)13(19)17-12)16(6,7)10-15(3,4)5/h11-12H,8-10H2,1-7H3,(H,17,19). The molecule has 1 N–H and O–H groups in total. The zero-order valence-corrected chi connectivity index (χ0v) is 14.0. The van der Waals surface area contributed by atoms with Crippen LogP contribution in [-0.4, -0.2) is 34.3 Å². The maximum absolute atomic E-state index is 12.7. The van der Waals surface area contributed by atoms with Crippen molar-refractivity contribution in [1.29, 1.82) is 0 Å². The highest BCUT2D eigenvalue weighted by atomic mass is 16.2. The van der Waals surface area contributed by atoms with Crippen molar-refractivity contribution in [3.05, 3.63) is 0 Å². The van der Waals surface area contributed by atoms with Crippen LogP contribution in [0.2, 0.25) is 0 Å². The summed E-state index contributed by atoms with van der Waals surface area (Å²) in [7, 11) is 0. The normalized spacial score (nSPS) is 24.9. The van der Waals surface area contributed by atoms with Gasteiger partial charge in [-0.1, -0.05) is 34.1 Å². The molecule has 116 valence electrons. The number of rotatable bonds is 4. The third-order valence-corrected chi connectivity index (χ3v) is 3.81. The van der Waals surface area contributed by atoms with E-state index in [1.807, 2.05) is 13.8 Å². The van der Waals surface area contributed by atoms with E-state index in [2.05, 4.69) is 39.9 Å². The van der Waals surface area contributed by atoms with E-state index in [0.717, 1.165) is 12.8 Å². The Labute approximate surface area is 123 Å². The van der Waals surface area contributed by atoms with Gasteiger partial charge in [-0.25, -0.2) is 0 Å².